The Balaban J connectivity index is 2.08. The third-order valence-electron chi connectivity index (χ3n) is 5.95. The summed E-state index contributed by atoms with van der Waals surface area (Å²) in [6, 6.07) is 2.02. The summed E-state index contributed by atoms with van der Waals surface area (Å²) in [6.07, 6.45) is 2.04. The van der Waals surface area contributed by atoms with Crippen molar-refractivity contribution in [2.75, 3.05) is 14.2 Å². The topological polar surface area (TPSA) is 61.3 Å². The van der Waals surface area contributed by atoms with Crippen LogP contribution in [0.4, 0.5) is 0 Å². The third kappa shape index (κ3) is 1.72. The summed E-state index contributed by atoms with van der Waals surface area (Å²) in [5.74, 6) is 0.880. The highest BCUT2D eigenvalue weighted by Crippen LogP contribution is 2.67. The Morgan fingerprint density at radius 1 is 1.19 bits per heavy atom. The molecule has 5 nitrogen and oxygen atoms in total. The predicted octanol–water partition coefficient (Wildman–Crippen LogP) is 2.60. The molecule has 2 aliphatic rings. The first kappa shape index (κ1) is 14.3. The Labute approximate surface area is 125 Å². The fraction of sp³-hybridized carbons (Fsp3) is 0.688. The molecule has 0 aliphatic heterocycles. The van der Waals surface area contributed by atoms with E-state index >= 15 is 0 Å². The molecule has 0 spiro atoms. The van der Waals surface area contributed by atoms with Crippen molar-refractivity contribution < 1.29 is 14.3 Å². The van der Waals surface area contributed by atoms with Gasteiger partial charge in [-0.25, -0.2) is 0 Å². The van der Waals surface area contributed by atoms with E-state index in [2.05, 4.69) is 30.7 Å². The smallest absolute Gasteiger partial charge is 0.319 e. The number of aromatic nitrogens is 2. The van der Waals surface area contributed by atoms with Gasteiger partial charge in [0.1, 0.15) is 5.78 Å². The van der Waals surface area contributed by atoms with Crippen molar-refractivity contribution in [3.05, 3.63) is 11.8 Å². The Kier molecular flexibility index (Phi) is 3.01. The first-order valence-corrected chi connectivity index (χ1v) is 7.36. The lowest BCUT2D eigenvalue weighted by atomic mass is 9.70. The zero-order valence-electron chi connectivity index (χ0n) is 13.3. The first-order valence-electron chi connectivity index (χ1n) is 7.36. The monoisotopic (exact) mass is 290 g/mol. The van der Waals surface area contributed by atoms with Crippen LogP contribution in [-0.4, -0.2) is 30.0 Å². The minimum absolute atomic E-state index is 0.000169. The number of fused-ring (bicyclic) bond motifs is 2. The average Bonchev–Trinajstić information content (AvgIpc) is 2.78. The molecule has 0 N–H and O–H groups in total. The molecule has 0 amide bonds. The van der Waals surface area contributed by atoms with Crippen molar-refractivity contribution >= 4 is 5.78 Å². The standard InChI is InChI=1S/C16H22N2O3/c1-15(2)9-6-7-16(15,3)13(19)12(9)10-8-11(20-4)18-14(17-10)21-5/h8-9,12H,6-7H2,1-5H3/t9-,12?,16+/m1/s1. The molecule has 1 aromatic rings. The zero-order chi connectivity index (χ0) is 15.4. The predicted molar refractivity (Wildman–Crippen MR) is 77.5 cm³/mol. The summed E-state index contributed by atoms with van der Waals surface area (Å²) in [5, 5.41) is 0. The van der Waals surface area contributed by atoms with Crippen molar-refractivity contribution in [1.29, 1.82) is 0 Å². The van der Waals surface area contributed by atoms with Crippen LogP contribution in [0, 0.1) is 16.7 Å². The van der Waals surface area contributed by atoms with E-state index < -0.39 is 0 Å². The molecule has 21 heavy (non-hydrogen) atoms. The van der Waals surface area contributed by atoms with Gasteiger partial charge in [-0.15, -0.1) is 0 Å². The second-order valence-corrected chi connectivity index (χ2v) is 6.86. The number of ether oxygens (including phenoxy) is 2. The maximum Gasteiger partial charge on any atom is 0.319 e. The quantitative estimate of drug-likeness (QED) is 0.856. The van der Waals surface area contributed by atoms with Gasteiger partial charge >= 0.3 is 6.01 Å². The van der Waals surface area contributed by atoms with Gasteiger partial charge in [-0.1, -0.05) is 20.8 Å². The molecule has 2 saturated carbocycles. The fourth-order valence-corrected chi connectivity index (χ4v) is 4.20. The van der Waals surface area contributed by atoms with Gasteiger partial charge in [0, 0.05) is 11.5 Å². The Hall–Kier alpha value is -1.65. The molecule has 0 saturated heterocycles. The second kappa shape index (κ2) is 4.42. The summed E-state index contributed by atoms with van der Waals surface area (Å²) in [7, 11) is 3.08. The van der Waals surface area contributed by atoms with E-state index in [1.165, 1.54) is 7.11 Å². The van der Waals surface area contributed by atoms with Crippen LogP contribution in [-0.2, 0) is 4.79 Å². The van der Waals surface area contributed by atoms with Crippen LogP contribution in [0.25, 0.3) is 0 Å². The van der Waals surface area contributed by atoms with E-state index in [0.717, 1.165) is 18.5 Å². The number of Topliss-reactive ketones (excluding diaryl/α,β-unsaturated/α-hetero) is 1. The Morgan fingerprint density at radius 3 is 2.43 bits per heavy atom. The summed E-state index contributed by atoms with van der Waals surface area (Å²) in [4.78, 5) is 21.5. The lowest BCUT2D eigenvalue weighted by Crippen LogP contribution is -2.33. The van der Waals surface area contributed by atoms with Gasteiger partial charge in [-0.3, -0.25) is 4.79 Å². The molecule has 3 rings (SSSR count). The van der Waals surface area contributed by atoms with Crippen molar-refractivity contribution in [2.24, 2.45) is 16.7 Å². The molecule has 5 heteroatoms. The van der Waals surface area contributed by atoms with Crippen molar-refractivity contribution in [3.63, 3.8) is 0 Å². The van der Waals surface area contributed by atoms with Crippen molar-refractivity contribution in [1.82, 2.24) is 9.97 Å². The zero-order valence-corrected chi connectivity index (χ0v) is 13.3. The number of hydrogen-bond acceptors (Lipinski definition) is 5. The number of methoxy groups -OCH3 is 2. The number of carbonyl (C=O) groups is 1. The number of nitrogens with zero attached hydrogens (tertiary/aromatic N) is 2. The largest absolute Gasteiger partial charge is 0.481 e. The van der Waals surface area contributed by atoms with Gasteiger partial charge in [-0.05, 0) is 24.2 Å². The van der Waals surface area contributed by atoms with E-state index in [1.54, 1.807) is 13.2 Å². The van der Waals surface area contributed by atoms with Gasteiger partial charge in [0.25, 0.3) is 0 Å². The fourth-order valence-electron chi connectivity index (χ4n) is 4.20. The molecular weight excluding hydrogens is 268 g/mol. The Bertz CT molecular complexity index is 577. The van der Waals surface area contributed by atoms with Crippen LogP contribution in [0.5, 0.6) is 11.9 Å². The molecular formula is C16H22N2O3. The summed E-state index contributed by atoms with van der Waals surface area (Å²) >= 11 is 0. The van der Waals surface area contributed by atoms with E-state index in [0.29, 0.717) is 17.6 Å². The molecule has 114 valence electrons. The molecule has 3 atom stereocenters. The molecule has 0 radical (unpaired) electrons. The van der Waals surface area contributed by atoms with Crippen molar-refractivity contribution in [3.8, 4) is 11.9 Å². The molecule has 2 fully saturated rings. The SMILES string of the molecule is COc1cc(C2C(=O)[C@]3(C)CC[C@H]2C3(C)C)nc(OC)n1. The maximum atomic E-state index is 13.0. The van der Waals surface area contributed by atoms with Gasteiger partial charge in [0.05, 0.1) is 25.8 Å². The third-order valence-corrected chi connectivity index (χ3v) is 5.95. The number of rotatable bonds is 3. The minimum Gasteiger partial charge on any atom is -0.481 e. The first-order chi connectivity index (χ1) is 9.85. The highest BCUT2D eigenvalue weighted by molar-refractivity contribution is 5.95. The molecule has 1 aromatic heterocycles. The highest BCUT2D eigenvalue weighted by Gasteiger charge is 2.66. The average molecular weight is 290 g/mol. The van der Waals surface area contributed by atoms with Gasteiger partial charge in [-0.2, -0.15) is 9.97 Å². The highest BCUT2D eigenvalue weighted by atomic mass is 16.5. The van der Waals surface area contributed by atoms with Gasteiger partial charge in [0.2, 0.25) is 5.88 Å². The van der Waals surface area contributed by atoms with E-state index in [-0.39, 0.29) is 22.8 Å². The number of ketones is 1. The van der Waals surface area contributed by atoms with E-state index in [1.807, 2.05) is 0 Å². The summed E-state index contributed by atoms with van der Waals surface area (Å²) in [6.45, 7) is 6.52. The van der Waals surface area contributed by atoms with Gasteiger partial charge < -0.3 is 9.47 Å². The van der Waals surface area contributed by atoms with Crippen molar-refractivity contribution in [2.45, 2.75) is 39.5 Å². The molecule has 0 aromatic carbocycles. The van der Waals surface area contributed by atoms with Crippen LogP contribution >= 0.6 is 0 Å². The summed E-state index contributed by atoms with van der Waals surface area (Å²) in [5.41, 5.74) is 0.471. The maximum absolute atomic E-state index is 13.0. The van der Waals surface area contributed by atoms with E-state index in [4.69, 9.17) is 9.47 Å². The number of hydrogen-bond donors (Lipinski definition) is 0. The summed E-state index contributed by atoms with van der Waals surface area (Å²) < 4.78 is 10.3. The van der Waals surface area contributed by atoms with Crippen LogP contribution < -0.4 is 9.47 Å². The lowest BCUT2D eigenvalue weighted by Gasteiger charge is -2.32. The molecule has 2 aliphatic carbocycles. The number of carbonyl (C=O) groups excluding carboxylic acids is 1. The van der Waals surface area contributed by atoms with Crippen LogP contribution in [0.15, 0.2) is 6.07 Å². The molecule has 1 unspecified atom stereocenters. The van der Waals surface area contributed by atoms with E-state index in [9.17, 15) is 4.79 Å². The van der Waals surface area contributed by atoms with Gasteiger partial charge in [0.15, 0.2) is 0 Å². The van der Waals surface area contributed by atoms with Crippen LogP contribution in [0.3, 0.4) is 0 Å². The van der Waals surface area contributed by atoms with Crippen LogP contribution in [0.2, 0.25) is 0 Å². The lowest BCUT2D eigenvalue weighted by molar-refractivity contribution is -0.129. The minimum atomic E-state index is -0.256. The Morgan fingerprint density at radius 2 is 1.90 bits per heavy atom. The van der Waals surface area contributed by atoms with Crippen LogP contribution in [0.1, 0.15) is 45.2 Å². The molecule has 1 heterocycles. The normalized spacial score (nSPS) is 33.3. The molecule has 2 bridgehead atoms. The second-order valence-electron chi connectivity index (χ2n) is 6.86.